The van der Waals surface area contributed by atoms with Crippen molar-refractivity contribution in [3.05, 3.63) is 25.3 Å². The minimum absolute atomic E-state index is 0.0567. The molecule has 3 atom stereocenters. The van der Waals surface area contributed by atoms with Gasteiger partial charge in [0.25, 0.3) is 0 Å². The molecule has 0 spiro atoms. The Morgan fingerprint density at radius 3 is 2.67 bits per heavy atom. The van der Waals surface area contributed by atoms with Crippen molar-refractivity contribution in [1.29, 1.82) is 0 Å². The maximum absolute atomic E-state index is 12.3. The van der Waals surface area contributed by atoms with Gasteiger partial charge in [-0.25, -0.2) is 0 Å². The minimum Gasteiger partial charge on any atom is -0.299 e. The van der Waals surface area contributed by atoms with Crippen LogP contribution >= 0.6 is 0 Å². The molecule has 1 nitrogen and oxygen atoms in total. The molecule has 0 N–H and O–H groups in total. The van der Waals surface area contributed by atoms with Crippen LogP contribution in [0.4, 0.5) is 0 Å². The van der Waals surface area contributed by atoms with E-state index in [1.165, 1.54) is 6.42 Å². The Kier molecular flexibility index (Phi) is 2.81. The molecular formula is C14H20O. The van der Waals surface area contributed by atoms with E-state index in [1.807, 2.05) is 12.2 Å². The Bertz CT molecular complexity index is 292. The highest BCUT2D eigenvalue weighted by molar-refractivity contribution is 5.90. The third kappa shape index (κ3) is 1.49. The molecule has 0 heterocycles. The maximum Gasteiger partial charge on any atom is 0.142 e. The Labute approximate surface area is 92.3 Å². The van der Waals surface area contributed by atoms with Gasteiger partial charge >= 0.3 is 0 Å². The molecule has 0 saturated heterocycles. The summed E-state index contributed by atoms with van der Waals surface area (Å²) in [6.45, 7) is 7.58. The molecule has 2 aliphatic rings. The molecule has 15 heavy (non-hydrogen) atoms. The van der Waals surface area contributed by atoms with Crippen molar-refractivity contribution in [3.8, 4) is 0 Å². The summed E-state index contributed by atoms with van der Waals surface area (Å²) in [5, 5.41) is 0. The van der Waals surface area contributed by atoms with Gasteiger partial charge < -0.3 is 0 Å². The molecule has 0 radical (unpaired) electrons. The number of ketones is 1. The molecule has 2 bridgehead atoms. The van der Waals surface area contributed by atoms with E-state index in [0.717, 1.165) is 32.1 Å². The molecule has 3 unspecified atom stereocenters. The van der Waals surface area contributed by atoms with E-state index in [1.54, 1.807) is 0 Å². The Hall–Kier alpha value is -0.850. The number of carbonyl (C=O) groups is 1. The lowest BCUT2D eigenvalue weighted by Gasteiger charge is -2.35. The third-order valence-electron chi connectivity index (χ3n) is 4.38. The van der Waals surface area contributed by atoms with Crippen molar-refractivity contribution in [1.82, 2.24) is 0 Å². The van der Waals surface area contributed by atoms with Gasteiger partial charge in [-0.15, -0.1) is 13.2 Å². The second-order valence-corrected chi connectivity index (χ2v) is 5.05. The fourth-order valence-corrected chi connectivity index (χ4v) is 3.64. The number of rotatable bonds is 5. The van der Waals surface area contributed by atoms with Gasteiger partial charge in [0.05, 0.1) is 0 Å². The van der Waals surface area contributed by atoms with Gasteiger partial charge in [-0.05, 0) is 44.4 Å². The van der Waals surface area contributed by atoms with Gasteiger partial charge in [0.2, 0.25) is 0 Å². The van der Waals surface area contributed by atoms with E-state index in [4.69, 9.17) is 0 Å². The van der Waals surface area contributed by atoms with Crippen LogP contribution in [0.3, 0.4) is 0 Å². The zero-order valence-corrected chi connectivity index (χ0v) is 9.37. The summed E-state index contributed by atoms with van der Waals surface area (Å²) in [6.07, 6.45) is 10.2. The molecular weight excluding hydrogens is 184 g/mol. The second kappa shape index (κ2) is 3.96. The van der Waals surface area contributed by atoms with E-state index in [0.29, 0.717) is 17.6 Å². The third-order valence-corrected chi connectivity index (χ3v) is 4.38. The molecule has 2 rings (SSSR count). The number of Topliss-reactive ketones (excluding diaryl/α,β-unsaturated/α-hetero) is 1. The molecule has 0 amide bonds. The Morgan fingerprint density at radius 2 is 2.13 bits per heavy atom. The molecule has 0 aromatic carbocycles. The van der Waals surface area contributed by atoms with Crippen molar-refractivity contribution >= 4 is 5.78 Å². The van der Waals surface area contributed by atoms with Crippen LogP contribution in [-0.2, 0) is 4.79 Å². The van der Waals surface area contributed by atoms with Crippen molar-refractivity contribution in [2.45, 2.75) is 38.5 Å². The van der Waals surface area contributed by atoms with Gasteiger partial charge in [-0.3, -0.25) is 4.79 Å². The molecule has 2 aliphatic carbocycles. The fraction of sp³-hybridized carbons (Fsp3) is 0.643. The van der Waals surface area contributed by atoms with Gasteiger partial charge in [0.1, 0.15) is 5.78 Å². The number of hydrogen-bond acceptors (Lipinski definition) is 1. The first-order valence-corrected chi connectivity index (χ1v) is 6.00. The predicted molar refractivity (Wildman–Crippen MR) is 62.5 cm³/mol. The second-order valence-electron chi connectivity index (χ2n) is 5.05. The molecule has 1 heteroatoms. The highest BCUT2D eigenvalue weighted by Crippen LogP contribution is 2.57. The minimum atomic E-state index is -0.0567. The summed E-state index contributed by atoms with van der Waals surface area (Å²) in [5.41, 5.74) is -0.0567. The summed E-state index contributed by atoms with van der Waals surface area (Å²) < 4.78 is 0. The highest BCUT2D eigenvalue weighted by Gasteiger charge is 2.56. The summed E-state index contributed by atoms with van der Waals surface area (Å²) in [4.78, 5) is 12.3. The lowest BCUT2D eigenvalue weighted by Crippen LogP contribution is -2.36. The van der Waals surface area contributed by atoms with E-state index < -0.39 is 0 Å². The first-order valence-electron chi connectivity index (χ1n) is 6.00. The van der Waals surface area contributed by atoms with Gasteiger partial charge in [0.15, 0.2) is 0 Å². The molecule has 82 valence electrons. The van der Waals surface area contributed by atoms with Crippen LogP contribution in [0.1, 0.15) is 38.5 Å². The average molecular weight is 204 g/mol. The van der Waals surface area contributed by atoms with Crippen LogP contribution in [-0.4, -0.2) is 5.78 Å². The number of fused-ring (bicyclic) bond motifs is 2. The molecule has 0 aliphatic heterocycles. The highest BCUT2D eigenvalue weighted by atomic mass is 16.1. The monoisotopic (exact) mass is 204 g/mol. The van der Waals surface area contributed by atoms with E-state index in [9.17, 15) is 4.79 Å². The molecule has 0 aromatic rings. The topological polar surface area (TPSA) is 17.1 Å². The SMILES string of the molecule is C=CCCC1(CC=C)C(=O)C2CCC1C2. The quantitative estimate of drug-likeness (QED) is 0.626. The van der Waals surface area contributed by atoms with E-state index in [-0.39, 0.29) is 5.41 Å². The van der Waals surface area contributed by atoms with Gasteiger partial charge in [0, 0.05) is 11.3 Å². The first kappa shape index (κ1) is 10.7. The normalized spacial score (nSPS) is 38.3. The zero-order chi connectivity index (χ0) is 10.9. The van der Waals surface area contributed by atoms with Crippen LogP contribution in [0.25, 0.3) is 0 Å². The van der Waals surface area contributed by atoms with Gasteiger partial charge in [-0.2, -0.15) is 0 Å². The summed E-state index contributed by atoms with van der Waals surface area (Å²) >= 11 is 0. The van der Waals surface area contributed by atoms with Crippen LogP contribution < -0.4 is 0 Å². The lowest BCUT2D eigenvalue weighted by atomic mass is 9.67. The molecule has 0 aromatic heterocycles. The number of hydrogen-bond donors (Lipinski definition) is 0. The summed E-state index contributed by atoms with van der Waals surface area (Å²) in [7, 11) is 0. The van der Waals surface area contributed by atoms with Crippen LogP contribution in [0.15, 0.2) is 25.3 Å². The van der Waals surface area contributed by atoms with Crippen molar-refractivity contribution in [2.24, 2.45) is 17.3 Å². The number of allylic oxidation sites excluding steroid dienone is 2. The van der Waals surface area contributed by atoms with Gasteiger partial charge in [-0.1, -0.05) is 12.2 Å². The van der Waals surface area contributed by atoms with Crippen molar-refractivity contribution < 1.29 is 4.79 Å². The summed E-state index contributed by atoms with van der Waals surface area (Å²) in [5.74, 6) is 1.54. The Morgan fingerprint density at radius 1 is 1.33 bits per heavy atom. The number of carbonyl (C=O) groups excluding carboxylic acids is 1. The largest absolute Gasteiger partial charge is 0.299 e. The van der Waals surface area contributed by atoms with Crippen LogP contribution in [0, 0.1) is 17.3 Å². The van der Waals surface area contributed by atoms with Crippen molar-refractivity contribution in [2.75, 3.05) is 0 Å². The van der Waals surface area contributed by atoms with Crippen molar-refractivity contribution in [3.63, 3.8) is 0 Å². The molecule has 2 fully saturated rings. The zero-order valence-electron chi connectivity index (χ0n) is 9.37. The maximum atomic E-state index is 12.3. The van der Waals surface area contributed by atoms with Crippen LogP contribution in [0.5, 0.6) is 0 Å². The predicted octanol–water partition coefficient (Wildman–Crippen LogP) is 3.51. The average Bonchev–Trinajstić information content (AvgIpc) is 2.80. The standard InChI is InChI=1S/C14H20O/c1-3-5-9-14(8-4-2)12-7-6-11(10-12)13(14)15/h3-4,11-12H,1-2,5-10H2. The van der Waals surface area contributed by atoms with E-state index >= 15 is 0 Å². The Balaban J connectivity index is 2.21. The van der Waals surface area contributed by atoms with Crippen LogP contribution in [0.2, 0.25) is 0 Å². The smallest absolute Gasteiger partial charge is 0.142 e. The first-order chi connectivity index (χ1) is 7.24. The fourth-order valence-electron chi connectivity index (χ4n) is 3.64. The van der Waals surface area contributed by atoms with E-state index in [2.05, 4.69) is 13.2 Å². The lowest BCUT2D eigenvalue weighted by molar-refractivity contribution is -0.132. The summed E-state index contributed by atoms with van der Waals surface area (Å²) in [6, 6.07) is 0. The molecule has 2 saturated carbocycles.